The molecule has 5 rings (SSSR count). The molecule has 4 aromatic rings. The minimum atomic E-state index is -4.78. The van der Waals surface area contributed by atoms with Gasteiger partial charge in [0.25, 0.3) is 0 Å². The van der Waals surface area contributed by atoms with Crippen LogP contribution in [0.3, 0.4) is 0 Å². The van der Waals surface area contributed by atoms with E-state index >= 15 is 0 Å². The summed E-state index contributed by atoms with van der Waals surface area (Å²) in [5.41, 5.74) is 8.16. The normalized spacial score (nSPS) is 14.2. The van der Waals surface area contributed by atoms with Crippen molar-refractivity contribution < 1.29 is 22.6 Å². The second kappa shape index (κ2) is 9.22. The third kappa shape index (κ3) is 5.49. The fourth-order valence-electron chi connectivity index (χ4n) is 3.63. The van der Waals surface area contributed by atoms with Crippen molar-refractivity contribution in [2.24, 2.45) is 0 Å². The molecule has 1 aromatic carbocycles. The van der Waals surface area contributed by atoms with Crippen molar-refractivity contribution in [3.63, 3.8) is 0 Å². The quantitative estimate of drug-likeness (QED) is 0.432. The summed E-state index contributed by atoms with van der Waals surface area (Å²) in [6.07, 6.45) is -1.57. The topological polar surface area (TPSA) is 111 Å². The van der Waals surface area contributed by atoms with Crippen LogP contribution in [-0.2, 0) is 4.74 Å². The summed E-state index contributed by atoms with van der Waals surface area (Å²) >= 11 is 0. The van der Waals surface area contributed by atoms with Gasteiger partial charge < -0.3 is 25.4 Å². The molecule has 1 aliphatic rings. The molecule has 0 spiro atoms. The minimum absolute atomic E-state index is 0.321. The Labute approximate surface area is 197 Å². The van der Waals surface area contributed by atoms with Crippen molar-refractivity contribution in [1.82, 2.24) is 19.9 Å². The van der Waals surface area contributed by atoms with Gasteiger partial charge in [-0.1, -0.05) is 0 Å². The van der Waals surface area contributed by atoms with E-state index in [1.54, 1.807) is 30.6 Å². The van der Waals surface area contributed by atoms with E-state index in [4.69, 9.17) is 15.5 Å². The maximum atomic E-state index is 12.6. The first-order valence-corrected chi connectivity index (χ1v) is 10.7. The number of pyridine rings is 2. The second-order valence-electron chi connectivity index (χ2n) is 7.76. The molecule has 12 heteroatoms. The van der Waals surface area contributed by atoms with Crippen LogP contribution in [0.2, 0.25) is 0 Å². The van der Waals surface area contributed by atoms with Crippen LogP contribution in [0.25, 0.3) is 22.2 Å². The number of aromatic nitrogens is 4. The van der Waals surface area contributed by atoms with Crippen molar-refractivity contribution >= 4 is 34.2 Å². The number of morpholine rings is 1. The molecule has 1 fully saturated rings. The molecule has 1 saturated heterocycles. The van der Waals surface area contributed by atoms with Crippen LogP contribution in [-0.4, -0.2) is 52.6 Å². The fourth-order valence-corrected chi connectivity index (χ4v) is 3.63. The maximum Gasteiger partial charge on any atom is 0.573 e. The molecule has 3 aromatic heterocycles. The Morgan fingerprint density at radius 1 is 0.971 bits per heavy atom. The van der Waals surface area contributed by atoms with Gasteiger partial charge in [-0.25, -0.2) is 9.97 Å². The summed E-state index contributed by atoms with van der Waals surface area (Å²) < 4.78 is 47.3. The number of halogens is 3. The predicted molar refractivity (Wildman–Crippen MR) is 124 cm³/mol. The van der Waals surface area contributed by atoms with Gasteiger partial charge in [0.2, 0.25) is 5.95 Å². The van der Waals surface area contributed by atoms with Crippen molar-refractivity contribution in [3.8, 4) is 17.0 Å². The molecule has 1 aliphatic heterocycles. The summed E-state index contributed by atoms with van der Waals surface area (Å²) in [5, 5.41) is 3.66. The van der Waals surface area contributed by atoms with Crippen LogP contribution in [0.1, 0.15) is 0 Å². The maximum absolute atomic E-state index is 12.6. The molecule has 9 nitrogen and oxygen atoms in total. The van der Waals surface area contributed by atoms with E-state index in [0.29, 0.717) is 66.2 Å². The molecule has 0 atom stereocenters. The summed E-state index contributed by atoms with van der Waals surface area (Å²) in [6.45, 7) is 2.41. The summed E-state index contributed by atoms with van der Waals surface area (Å²) in [6, 6.07) is 10.9. The minimum Gasteiger partial charge on any atom is -0.406 e. The van der Waals surface area contributed by atoms with Gasteiger partial charge in [0.15, 0.2) is 0 Å². The second-order valence-corrected chi connectivity index (χ2v) is 7.76. The zero-order valence-corrected chi connectivity index (χ0v) is 18.3. The Kier molecular flexibility index (Phi) is 5.95. The van der Waals surface area contributed by atoms with E-state index in [2.05, 4.69) is 25.0 Å². The molecule has 0 aliphatic carbocycles. The highest BCUT2D eigenvalue weighted by Crippen LogP contribution is 2.29. The Bertz CT molecular complexity index is 1340. The van der Waals surface area contributed by atoms with Crippen LogP contribution in [0.15, 0.2) is 54.9 Å². The van der Waals surface area contributed by atoms with Gasteiger partial charge in [0.1, 0.15) is 17.4 Å². The number of benzene rings is 1. The van der Waals surface area contributed by atoms with Gasteiger partial charge >= 0.3 is 6.36 Å². The summed E-state index contributed by atoms with van der Waals surface area (Å²) in [4.78, 5) is 19.8. The van der Waals surface area contributed by atoms with Crippen molar-refractivity contribution in [2.45, 2.75) is 6.36 Å². The van der Waals surface area contributed by atoms with Gasteiger partial charge in [-0.3, -0.25) is 4.98 Å². The number of nitrogen functional groups attached to an aromatic ring is 1. The number of nitrogens with zero attached hydrogens (tertiary/aromatic N) is 5. The predicted octanol–water partition coefficient (Wildman–Crippen LogP) is 4.15. The van der Waals surface area contributed by atoms with Crippen LogP contribution in [0.4, 0.5) is 36.4 Å². The van der Waals surface area contributed by atoms with Crippen molar-refractivity contribution in [2.75, 3.05) is 42.3 Å². The molecule has 180 valence electrons. The zero-order chi connectivity index (χ0) is 24.4. The van der Waals surface area contributed by atoms with Gasteiger partial charge in [-0.2, -0.15) is 4.98 Å². The molecule has 0 bridgehead atoms. The number of fused-ring (bicyclic) bond motifs is 1. The number of nitrogens with two attached hydrogens (primary N) is 1. The third-order valence-corrected chi connectivity index (χ3v) is 5.25. The number of hydrogen-bond donors (Lipinski definition) is 2. The summed E-state index contributed by atoms with van der Waals surface area (Å²) in [5.74, 6) is 1.07. The Morgan fingerprint density at radius 2 is 1.80 bits per heavy atom. The smallest absolute Gasteiger partial charge is 0.406 e. The molecule has 0 unspecified atom stereocenters. The molecular weight excluding hydrogens is 463 g/mol. The highest BCUT2D eigenvalue weighted by Gasteiger charge is 2.31. The van der Waals surface area contributed by atoms with E-state index in [1.165, 1.54) is 18.2 Å². The lowest BCUT2D eigenvalue weighted by Gasteiger charge is -2.27. The van der Waals surface area contributed by atoms with E-state index in [1.807, 2.05) is 11.0 Å². The van der Waals surface area contributed by atoms with Gasteiger partial charge in [-0.15, -0.1) is 13.2 Å². The first-order valence-electron chi connectivity index (χ1n) is 10.7. The molecule has 35 heavy (non-hydrogen) atoms. The zero-order valence-electron chi connectivity index (χ0n) is 18.3. The lowest BCUT2D eigenvalue weighted by Crippen LogP contribution is -2.37. The van der Waals surface area contributed by atoms with Gasteiger partial charge in [0, 0.05) is 36.3 Å². The van der Waals surface area contributed by atoms with Gasteiger partial charge in [-0.05, 0) is 36.4 Å². The van der Waals surface area contributed by atoms with Crippen LogP contribution in [0, 0.1) is 0 Å². The van der Waals surface area contributed by atoms with Crippen LogP contribution < -0.4 is 20.7 Å². The SMILES string of the molecule is Nc1ccc(-c2cc(Nc3cnc4ccc(OC(F)(F)F)cc4c3)nc(N3CCOCC3)n2)cn1. The number of rotatable bonds is 5. The van der Waals surface area contributed by atoms with Crippen LogP contribution >= 0.6 is 0 Å². The standard InChI is InChI=1S/C23H20F3N7O2/c24-23(25,26)35-17-2-3-18-15(10-17)9-16(13-28-18)30-21-11-19(14-1-4-20(27)29-12-14)31-22(32-21)33-5-7-34-8-6-33/h1-4,9-13H,5-8H2,(H2,27,29)(H,30,31,32). The molecule has 0 radical (unpaired) electrons. The molecule has 0 amide bonds. The number of alkyl halides is 3. The van der Waals surface area contributed by atoms with Crippen molar-refractivity contribution in [1.29, 1.82) is 0 Å². The Balaban J connectivity index is 1.49. The van der Waals surface area contributed by atoms with E-state index < -0.39 is 6.36 Å². The Morgan fingerprint density at radius 3 is 2.54 bits per heavy atom. The fraction of sp³-hybridized carbons (Fsp3) is 0.217. The molecule has 4 heterocycles. The van der Waals surface area contributed by atoms with Gasteiger partial charge in [0.05, 0.1) is 36.3 Å². The lowest BCUT2D eigenvalue weighted by atomic mass is 10.2. The summed E-state index contributed by atoms with van der Waals surface area (Å²) in [7, 11) is 0. The molecule has 3 N–H and O–H groups in total. The number of hydrogen-bond acceptors (Lipinski definition) is 9. The lowest BCUT2D eigenvalue weighted by molar-refractivity contribution is -0.274. The average molecular weight is 483 g/mol. The monoisotopic (exact) mass is 483 g/mol. The third-order valence-electron chi connectivity index (χ3n) is 5.25. The Hall–Kier alpha value is -4.19. The first-order chi connectivity index (χ1) is 16.8. The first kappa shape index (κ1) is 22.6. The number of nitrogens with one attached hydrogen (secondary N) is 1. The van der Waals surface area contributed by atoms with Crippen molar-refractivity contribution in [3.05, 3.63) is 54.9 Å². The van der Waals surface area contributed by atoms with E-state index in [-0.39, 0.29) is 5.75 Å². The molecule has 0 saturated carbocycles. The van der Waals surface area contributed by atoms with E-state index in [0.717, 1.165) is 5.56 Å². The largest absolute Gasteiger partial charge is 0.573 e. The van der Waals surface area contributed by atoms with Crippen LogP contribution in [0.5, 0.6) is 5.75 Å². The number of ether oxygens (including phenoxy) is 2. The highest BCUT2D eigenvalue weighted by atomic mass is 19.4. The van der Waals surface area contributed by atoms with E-state index in [9.17, 15) is 13.2 Å². The average Bonchev–Trinajstić information content (AvgIpc) is 2.84. The number of anilines is 4. The molecular formula is C23H20F3N7O2. The highest BCUT2D eigenvalue weighted by molar-refractivity contribution is 5.84.